The molecule has 0 spiro atoms. The number of halogens is 1. The van der Waals surface area contributed by atoms with Crippen LogP contribution in [0, 0.1) is 6.92 Å². The van der Waals surface area contributed by atoms with E-state index in [1.807, 2.05) is 43.3 Å². The van der Waals surface area contributed by atoms with Crippen molar-refractivity contribution in [2.45, 2.75) is 26.7 Å². The molecule has 0 aliphatic rings. The normalized spacial score (nSPS) is 10.3. The van der Waals surface area contributed by atoms with Gasteiger partial charge in [0.1, 0.15) is 0 Å². The molecule has 2 aromatic carbocycles. The minimum Gasteiger partial charge on any atom is -0.462 e. The van der Waals surface area contributed by atoms with E-state index in [9.17, 15) is 4.79 Å². The van der Waals surface area contributed by atoms with Crippen LogP contribution in [-0.2, 0) is 11.2 Å². The first-order chi connectivity index (χ1) is 12.5. The van der Waals surface area contributed by atoms with Gasteiger partial charge in [-0.15, -0.1) is 0 Å². The minimum atomic E-state index is -0.327. The average Bonchev–Trinajstić information content (AvgIpc) is 2.62. The van der Waals surface area contributed by atoms with Crippen LogP contribution in [0.1, 0.15) is 34.8 Å². The largest absolute Gasteiger partial charge is 0.462 e. The number of anilines is 1. The number of carbonyl (C=O) groups excluding carboxylic acids is 1. The fourth-order valence-corrected chi connectivity index (χ4v) is 2.99. The lowest BCUT2D eigenvalue weighted by Crippen LogP contribution is -2.30. The minimum absolute atomic E-state index is 0.327. The molecule has 0 aliphatic heterocycles. The van der Waals surface area contributed by atoms with Crippen LogP contribution in [0.5, 0.6) is 0 Å². The average molecular weight is 391 g/mol. The maximum atomic E-state index is 12.0. The topological polar surface area (TPSA) is 50.4 Å². The van der Waals surface area contributed by atoms with Crippen molar-refractivity contribution in [2.75, 3.05) is 18.5 Å². The highest BCUT2D eigenvalue weighted by molar-refractivity contribution is 7.80. The summed E-state index contributed by atoms with van der Waals surface area (Å²) in [6.07, 6.45) is 1.79. The van der Waals surface area contributed by atoms with Gasteiger partial charge >= 0.3 is 5.97 Å². The van der Waals surface area contributed by atoms with E-state index < -0.39 is 0 Å². The lowest BCUT2D eigenvalue weighted by atomic mass is 10.1. The van der Waals surface area contributed by atoms with Crippen molar-refractivity contribution in [2.24, 2.45) is 0 Å². The predicted molar refractivity (Wildman–Crippen MR) is 111 cm³/mol. The summed E-state index contributed by atoms with van der Waals surface area (Å²) in [7, 11) is 0. The van der Waals surface area contributed by atoms with Gasteiger partial charge in [0, 0.05) is 17.3 Å². The Morgan fingerprint density at radius 2 is 1.96 bits per heavy atom. The van der Waals surface area contributed by atoms with Gasteiger partial charge in [0.15, 0.2) is 5.11 Å². The molecule has 0 amide bonds. The first-order valence-corrected chi connectivity index (χ1v) is 9.36. The Balaban J connectivity index is 1.85. The van der Waals surface area contributed by atoms with Crippen LogP contribution < -0.4 is 10.6 Å². The highest BCUT2D eigenvalue weighted by Crippen LogP contribution is 2.20. The number of nitrogens with one attached hydrogen (secondary N) is 2. The van der Waals surface area contributed by atoms with Crippen LogP contribution >= 0.6 is 23.8 Å². The van der Waals surface area contributed by atoms with E-state index in [4.69, 9.17) is 28.6 Å². The Hall–Kier alpha value is -2.11. The predicted octanol–water partition coefficient (Wildman–Crippen LogP) is 4.74. The number of hydrogen-bond donors (Lipinski definition) is 2. The lowest BCUT2D eigenvalue weighted by Gasteiger charge is -2.14. The van der Waals surface area contributed by atoms with Gasteiger partial charge in [-0.05, 0) is 68.2 Å². The number of carbonyl (C=O) groups is 1. The van der Waals surface area contributed by atoms with Crippen molar-refractivity contribution in [3.63, 3.8) is 0 Å². The molecule has 6 heteroatoms. The molecular weight excluding hydrogens is 368 g/mol. The van der Waals surface area contributed by atoms with Gasteiger partial charge < -0.3 is 15.4 Å². The summed E-state index contributed by atoms with van der Waals surface area (Å²) in [6, 6.07) is 13.3. The highest BCUT2D eigenvalue weighted by Gasteiger charge is 2.13. The maximum absolute atomic E-state index is 12.0. The number of ether oxygens (including phenoxy) is 1. The van der Waals surface area contributed by atoms with Crippen LogP contribution in [0.15, 0.2) is 42.5 Å². The molecule has 0 aromatic heterocycles. The van der Waals surface area contributed by atoms with Crippen molar-refractivity contribution >= 4 is 40.6 Å². The zero-order chi connectivity index (χ0) is 18.9. The second-order valence-electron chi connectivity index (χ2n) is 5.77. The van der Waals surface area contributed by atoms with Gasteiger partial charge in [0.05, 0.1) is 12.2 Å². The molecule has 2 N–H and O–H groups in total. The summed E-state index contributed by atoms with van der Waals surface area (Å²) >= 11 is 11.5. The third-order valence-corrected chi connectivity index (χ3v) is 4.56. The van der Waals surface area contributed by atoms with Gasteiger partial charge in [-0.3, -0.25) is 0 Å². The third-order valence-electron chi connectivity index (χ3n) is 3.94. The Kier molecular flexibility index (Phi) is 7.88. The van der Waals surface area contributed by atoms with Crippen molar-refractivity contribution < 1.29 is 9.53 Å². The van der Waals surface area contributed by atoms with Crippen molar-refractivity contribution in [1.82, 2.24) is 5.32 Å². The Morgan fingerprint density at radius 3 is 2.69 bits per heavy atom. The van der Waals surface area contributed by atoms with E-state index in [0.717, 1.165) is 41.2 Å². The first kappa shape index (κ1) is 20.2. The summed E-state index contributed by atoms with van der Waals surface area (Å²) < 4.78 is 5.07. The first-order valence-electron chi connectivity index (χ1n) is 8.58. The van der Waals surface area contributed by atoms with E-state index in [0.29, 0.717) is 17.3 Å². The molecule has 2 rings (SSSR count). The maximum Gasteiger partial charge on any atom is 0.338 e. The Bertz CT molecular complexity index is 780. The molecule has 0 saturated heterocycles. The molecule has 0 atom stereocenters. The molecule has 4 nitrogen and oxygen atoms in total. The number of aryl methyl sites for hydroxylation is 1. The molecule has 0 radical (unpaired) electrons. The molecule has 138 valence electrons. The summed E-state index contributed by atoms with van der Waals surface area (Å²) in [4.78, 5) is 12.0. The van der Waals surface area contributed by atoms with E-state index in [2.05, 4.69) is 10.6 Å². The number of rotatable bonds is 7. The number of hydrogen-bond acceptors (Lipinski definition) is 3. The van der Waals surface area contributed by atoms with Crippen LogP contribution in [0.4, 0.5) is 5.69 Å². The zero-order valence-electron chi connectivity index (χ0n) is 15.0. The molecule has 0 bridgehead atoms. The van der Waals surface area contributed by atoms with Crippen LogP contribution in [0.3, 0.4) is 0 Å². The molecule has 2 aromatic rings. The van der Waals surface area contributed by atoms with E-state index in [-0.39, 0.29) is 5.97 Å². The molecule has 0 unspecified atom stereocenters. The number of thiocarbonyl (C=S) groups is 1. The standard InChI is InChI=1S/C20H23ClN2O2S/c1-3-25-19(24)16-10-6-12-18(14(16)2)23-20(26)22-13-7-9-15-8-4-5-11-17(15)21/h4-6,8,10-12H,3,7,9,13H2,1-2H3,(H2,22,23,26). The highest BCUT2D eigenvalue weighted by atomic mass is 35.5. The SMILES string of the molecule is CCOC(=O)c1cccc(NC(=S)NCCCc2ccccc2Cl)c1C. The van der Waals surface area contributed by atoms with Crippen molar-refractivity contribution in [3.05, 3.63) is 64.2 Å². The molecule has 26 heavy (non-hydrogen) atoms. The van der Waals surface area contributed by atoms with Gasteiger partial charge in [0.25, 0.3) is 0 Å². The fourth-order valence-electron chi connectivity index (χ4n) is 2.55. The monoisotopic (exact) mass is 390 g/mol. The van der Waals surface area contributed by atoms with Crippen LogP contribution in [0.2, 0.25) is 5.02 Å². The molecule has 0 heterocycles. The second kappa shape index (κ2) is 10.1. The summed E-state index contributed by atoms with van der Waals surface area (Å²) in [5.74, 6) is -0.327. The van der Waals surface area contributed by atoms with Gasteiger partial charge in [0.2, 0.25) is 0 Å². The molecule has 0 fully saturated rings. The van der Waals surface area contributed by atoms with Crippen molar-refractivity contribution in [3.8, 4) is 0 Å². The Labute approximate surface area is 164 Å². The smallest absolute Gasteiger partial charge is 0.338 e. The molecular formula is C20H23ClN2O2S. The van der Waals surface area contributed by atoms with Gasteiger partial charge in [-0.25, -0.2) is 4.79 Å². The van der Waals surface area contributed by atoms with E-state index >= 15 is 0 Å². The van der Waals surface area contributed by atoms with Gasteiger partial charge in [-0.2, -0.15) is 0 Å². The summed E-state index contributed by atoms with van der Waals surface area (Å²) in [5, 5.41) is 7.64. The zero-order valence-corrected chi connectivity index (χ0v) is 16.5. The summed E-state index contributed by atoms with van der Waals surface area (Å²) in [5.41, 5.74) is 3.27. The molecule has 0 aliphatic carbocycles. The second-order valence-corrected chi connectivity index (χ2v) is 6.59. The lowest BCUT2D eigenvalue weighted by molar-refractivity contribution is 0.0525. The third kappa shape index (κ3) is 5.71. The van der Waals surface area contributed by atoms with E-state index in [1.54, 1.807) is 13.0 Å². The molecule has 0 saturated carbocycles. The van der Waals surface area contributed by atoms with E-state index in [1.165, 1.54) is 0 Å². The summed E-state index contributed by atoms with van der Waals surface area (Å²) in [6.45, 7) is 4.74. The van der Waals surface area contributed by atoms with Crippen LogP contribution in [0.25, 0.3) is 0 Å². The van der Waals surface area contributed by atoms with Crippen molar-refractivity contribution in [1.29, 1.82) is 0 Å². The fraction of sp³-hybridized carbons (Fsp3) is 0.300. The number of benzene rings is 2. The van der Waals surface area contributed by atoms with Gasteiger partial charge in [-0.1, -0.05) is 35.9 Å². The number of esters is 1. The quantitative estimate of drug-likeness (QED) is 0.406. The Morgan fingerprint density at radius 1 is 1.19 bits per heavy atom. The van der Waals surface area contributed by atoms with Crippen LogP contribution in [-0.4, -0.2) is 24.2 Å².